The maximum atomic E-state index is 11.7. The summed E-state index contributed by atoms with van der Waals surface area (Å²) >= 11 is 0. The van der Waals surface area contributed by atoms with E-state index in [1.807, 2.05) is 19.1 Å². The molecule has 2 heterocycles. The van der Waals surface area contributed by atoms with E-state index >= 15 is 0 Å². The van der Waals surface area contributed by atoms with E-state index in [-0.39, 0.29) is 18.4 Å². The summed E-state index contributed by atoms with van der Waals surface area (Å²) in [5, 5.41) is 3.41. The van der Waals surface area contributed by atoms with Crippen molar-refractivity contribution in [3.8, 4) is 0 Å². The molecule has 1 aromatic rings. The number of carbonyl (C=O) groups excluding carboxylic acids is 1. The molecule has 1 aromatic carbocycles. The number of fused-ring (bicyclic) bond motifs is 1. The minimum atomic E-state index is 0.0626. The Balaban J connectivity index is 2.02. The first-order valence-electron chi connectivity index (χ1n) is 6.01. The minimum Gasteiger partial charge on any atom is -0.487 e. The standard InChI is InChI=1S/C14H15NO2/c1-2-10-12(16)8-17-14(10)13-11-6-4-3-5-9(11)7-15-13/h3-6,13,15H,2,7-8H2,1H3. The van der Waals surface area contributed by atoms with Crippen molar-refractivity contribution >= 4 is 5.78 Å². The van der Waals surface area contributed by atoms with E-state index in [0.717, 1.165) is 24.3 Å². The van der Waals surface area contributed by atoms with Crippen LogP contribution in [0, 0.1) is 0 Å². The second-order valence-corrected chi connectivity index (χ2v) is 4.42. The van der Waals surface area contributed by atoms with Crippen LogP contribution in [0.4, 0.5) is 0 Å². The van der Waals surface area contributed by atoms with Crippen LogP contribution in [-0.4, -0.2) is 12.4 Å². The van der Waals surface area contributed by atoms with Crippen LogP contribution >= 0.6 is 0 Å². The number of rotatable bonds is 2. The summed E-state index contributed by atoms with van der Waals surface area (Å²) in [7, 11) is 0. The van der Waals surface area contributed by atoms with Crippen molar-refractivity contribution in [3.63, 3.8) is 0 Å². The summed E-state index contributed by atoms with van der Waals surface area (Å²) in [4.78, 5) is 11.7. The van der Waals surface area contributed by atoms with E-state index in [9.17, 15) is 4.79 Å². The lowest BCUT2D eigenvalue weighted by atomic mass is 9.99. The third-order valence-corrected chi connectivity index (χ3v) is 3.47. The molecule has 0 saturated carbocycles. The number of benzene rings is 1. The molecule has 0 spiro atoms. The van der Waals surface area contributed by atoms with Gasteiger partial charge in [-0.05, 0) is 17.5 Å². The van der Waals surface area contributed by atoms with Crippen LogP contribution in [0.5, 0.6) is 0 Å². The van der Waals surface area contributed by atoms with Crippen molar-refractivity contribution in [3.05, 3.63) is 46.7 Å². The normalized spacial score (nSPS) is 22.9. The van der Waals surface area contributed by atoms with Gasteiger partial charge < -0.3 is 4.74 Å². The number of ether oxygens (including phenoxy) is 1. The third-order valence-electron chi connectivity index (χ3n) is 3.47. The smallest absolute Gasteiger partial charge is 0.199 e. The zero-order valence-corrected chi connectivity index (χ0v) is 9.82. The largest absolute Gasteiger partial charge is 0.487 e. The van der Waals surface area contributed by atoms with Crippen LogP contribution in [0.1, 0.15) is 30.5 Å². The molecular formula is C14H15NO2. The van der Waals surface area contributed by atoms with Gasteiger partial charge in [-0.2, -0.15) is 0 Å². The minimum absolute atomic E-state index is 0.0626. The lowest BCUT2D eigenvalue weighted by molar-refractivity contribution is -0.116. The van der Waals surface area contributed by atoms with Gasteiger partial charge in [-0.25, -0.2) is 0 Å². The lowest BCUT2D eigenvalue weighted by Gasteiger charge is -2.14. The van der Waals surface area contributed by atoms with Gasteiger partial charge in [0.25, 0.3) is 0 Å². The lowest BCUT2D eigenvalue weighted by Crippen LogP contribution is -2.15. The van der Waals surface area contributed by atoms with E-state index in [1.165, 1.54) is 11.1 Å². The van der Waals surface area contributed by atoms with Crippen molar-refractivity contribution in [2.45, 2.75) is 25.9 Å². The quantitative estimate of drug-likeness (QED) is 0.844. The predicted octanol–water partition coefficient (Wildman–Crippen LogP) is 2.09. The average Bonchev–Trinajstić information content (AvgIpc) is 2.92. The van der Waals surface area contributed by atoms with Gasteiger partial charge >= 0.3 is 0 Å². The molecule has 3 rings (SSSR count). The molecule has 0 aliphatic carbocycles. The molecule has 1 N–H and O–H groups in total. The summed E-state index contributed by atoms with van der Waals surface area (Å²) in [6.45, 7) is 3.06. The molecule has 1 atom stereocenters. The summed E-state index contributed by atoms with van der Waals surface area (Å²) in [5.41, 5.74) is 3.38. The van der Waals surface area contributed by atoms with Gasteiger partial charge in [0.1, 0.15) is 5.76 Å². The van der Waals surface area contributed by atoms with Crippen LogP contribution in [-0.2, 0) is 16.1 Å². The van der Waals surface area contributed by atoms with Crippen molar-refractivity contribution in [1.29, 1.82) is 0 Å². The zero-order chi connectivity index (χ0) is 11.8. The average molecular weight is 229 g/mol. The highest BCUT2D eigenvalue weighted by Gasteiger charge is 2.33. The van der Waals surface area contributed by atoms with E-state index in [4.69, 9.17) is 4.74 Å². The predicted molar refractivity (Wildman–Crippen MR) is 64.3 cm³/mol. The number of carbonyl (C=O) groups is 1. The fourth-order valence-electron chi connectivity index (χ4n) is 2.62. The van der Waals surface area contributed by atoms with Gasteiger partial charge in [-0.15, -0.1) is 0 Å². The number of hydrogen-bond acceptors (Lipinski definition) is 3. The molecule has 0 fully saturated rings. The van der Waals surface area contributed by atoms with Gasteiger partial charge in [0.05, 0.1) is 6.04 Å². The highest BCUT2D eigenvalue weighted by molar-refractivity contribution is 5.98. The molecular weight excluding hydrogens is 214 g/mol. The van der Waals surface area contributed by atoms with E-state index < -0.39 is 0 Å². The van der Waals surface area contributed by atoms with Crippen LogP contribution in [0.15, 0.2) is 35.6 Å². The Morgan fingerprint density at radius 2 is 2.24 bits per heavy atom. The van der Waals surface area contributed by atoms with Gasteiger partial charge in [-0.1, -0.05) is 31.2 Å². The Hall–Kier alpha value is -1.61. The zero-order valence-electron chi connectivity index (χ0n) is 9.82. The SMILES string of the molecule is CCC1=C(C2NCc3ccccc32)OCC1=O. The monoisotopic (exact) mass is 229 g/mol. The van der Waals surface area contributed by atoms with Gasteiger partial charge in [-0.3, -0.25) is 10.1 Å². The van der Waals surface area contributed by atoms with Crippen molar-refractivity contribution < 1.29 is 9.53 Å². The summed E-state index contributed by atoms with van der Waals surface area (Å²) < 4.78 is 5.58. The third kappa shape index (κ3) is 1.58. The second-order valence-electron chi connectivity index (χ2n) is 4.42. The number of nitrogens with one attached hydrogen (secondary N) is 1. The first kappa shape index (κ1) is 10.5. The van der Waals surface area contributed by atoms with Gasteiger partial charge in [0.2, 0.25) is 0 Å². The summed E-state index contributed by atoms with van der Waals surface area (Å²) in [6, 6.07) is 8.35. The molecule has 17 heavy (non-hydrogen) atoms. The van der Waals surface area contributed by atoms with Crippen molar-refractivity contribution in [2.75, 3.05) is 6.61 Å². The molecule has 0 aromatic heterocycles. The Morgan fingerprint density at radius 3 is 3.06 bits per heavy atom. The summed E-state index contributed by atoms with van der Waals surface area (Å²) in [6.07, 6.45) is 0.745. The molecule has 2 aliphatic rings. The van der Waals surface area contributed by atoms with Gasteiger partial charge in [0, 0.05) is 12.1 Å². The van der Waals surface area contributed by atoms with Crippen molar-refractivity contribution in [2.24, 2.45) is 0 Å². The van der Waals surface area contributed by atoms with E-state index in [2.05, 4.69) is 17.4 Å². The van der Waals surface area contributed by atoms with Crippen LogP contribution in [0.3, 0.4) is 0 Å². The van der Waals surface area contributed by atoms with Crippen LogP contribution < -0.4 is 5.32 Å². The summed E-state index contributed by atoms with van der Waals surface area (Å²) in [5.74, 6) is 0.969. The molecule has 2 aliphatic heterocycles. The van der Waals surface area contributed by atoms with Crippen molar-refractivity contribution in [1.82, 2.24) is 5.32 Å². The Labute approximate surface area is 100 Å². The maximum absolute atomic E-state index is 11.7. The molecule has 3 nitrogen and oxygen atoms in total. The fourth-order valence-corrected chi connectivity index (χ4v) is 2.62. The Bertz CT molecular complexity index is 505. The Morgan fingerprint density at radius 1 is 1.41 bits per heavy atom. The number of hydrogen-bond donors (Lipinski definition) is 1. The molecule has 3 heteroatoms. The highest BCUT2D eigenvalue weighted by Crippen LogP contribution is 2.36. The second kappa shape index (κ2) is 4.00. The molecule has 0 amide bonds. The fraction of sp³-hybridized carbons (Fsp3) is 0.357. The first-order valence-corrected chi connectivity index (χ1v) is 6.01. The van der Waals surface area contributed by atoms with Gasteiger partial charge in [0.15, 0.2) is 12.4 Å². The number of Topliss-reactive ketones (excluding diaryl/α,β-unsaturated/α-hetero) is 1. The van der Waals surface area contributed by atoms with Crippen LogP contribution in [0.25, 0.3) is 0 Å². The van der Waals surface area contributed by atoms with E-state index in [0.29, 0.717) is 0 Å². The molecule has 0 radical (unpaired) electrons. The molecule has 0 bridgehead atoms. The Kier molecular flexibility index (Phi) is 2.48. The van der Waals surface area contributed by atoms with E-state index in [1.54, 1.807) is 0 Å². The first-order chi connectivity index (χ1) is 8.31. The molecule has 1 unspecified atom stereocenters. The topological polar surface area (TPSA) is 38.3 Å². The highest BCUT2D eigenvalue weighted by atomic mass is 16.5. The molecule has 0 saturated heterocycles. The van der Waals surface area contributed by atoms with Crippen LogP contribution in [0.2, 0.25) is 0 Å². The maximum Gasteiger partial charge on any atom is 0.199 e. The number of ketones is 1. The molecule has 88 valence electrons.